The van der Waals surface area contributed by atoms with Crippen molar-refractivity contribution in [1.29, 1.82) is 0 Å². The molecule has 54 heavy (non-hydrogen) atoms. The first kappa shape index (κ1) is 45.0. The van der Waals surface area contributed by atoms with Crippen LogP contribution in [0, 0.1) is 6.92 Å². The van der Waals surface area contributed by atoms with Crippen LogP contribution in [-0.4, -0.2) is 31.8 Å². The Morgan fingerprint density at radius 2 is 0.907 bits per heavy atom. The fourth-order valence-electron chi connectivity index (χ4n) is 3.88. The van der Waals surface area contributed by atoms with E-state index in [0.29, 0.717) is 12.4 Å². The average molecular weight is 908 g/mol. The van der Waals surface area contributed by atoms with Crippen LogP contribution in [0.1, 0.15) is 22.6 Å². The van der Waals surface area contributed by atoms with Gasteiger partial charge >= 0.3 is 18.5 Å². The number of hydrogen-bond acceptors (Lipinski definition) is 7. The number of alkyl halides is 9. The minimum absolute atomic E-state index is 0.207. The van der Waals surface area contributed by atoms with Gasteiger partial charge in [0.05, 0.1) is 29.9 Å². The van der Waals surface area contributed by atoms with Crippen LogP contribution in [0.2, 0.25) is 25.1 Å². The number of rotatable bonds is 4. The Hall–Kier alpha value is -3.39. The second-order valence-electron chi connectivity index (χ2n) is 10.2. The van der Waals surface area contributed by atoms with Crippen LogP contribution in [0.4, 0.5) is 39.5 Å². The van der Waals surface area contributed by atoms with Gasteiger partial charge in [-0.3, -0.25) is 4.98 Å². The van der Waals surface area contributed by atoms with Gasteiger partial charge in [-0.05, 0) is 55.5 Å². The summed E-state index contributed by atoms with van der Waals surface area (Å²) >= 11 is 28.3. The standard InChI is InChI=1S/C13H8Cl2F3NO2S.C12H5Cl3F3NO2S.C6H4F3N/c1-7-2-4-8(5-3-7)22(20,21)11-9(14)6-19-12(10(11)15)13(16,17)18;13-6-1-3-7(4-2-6)22(20,21)10-8(14)5-19-11(9(10)15)12(16,17)18;7-6(8,9)5-3-1-2-4-10-5/h2-6H,1H3;1-5H;1-4H. The van der Waals surface area contributed by atoms with Gasteiger partial charge < -0.3 is 0 Å². The average Bonchev–Trinajstić information content (AvgIpc) is 3.04. The topological polar surface area (TPSA) is 107 Å². The molecule has 0 aliphatic carbocycles. The predicted molar refractivity (Wildman–Crippen MR) is 181 cm³/mol. The molecule has 3 heterocycles. The van der Waals surface area contributed by atoms with Crippen LogP contribution in [0.25, 0.3) is 0 Å². The highest BCUT2D eigenvalue weighted by Gasteiger charge is 2.40. The molecule has 0 radical (unpaired) electrons. The van der Waals surface area contributed by atoms with Crippen LogP contribution in [0.5, 0.6) is 0 Å². The van der Waals surface area contributed by atoms with Crippen LogP contribution in [0.3, 0.4) is 0 Å². The molecule has 23 heteroatoms. The monoisotopic (exact) mass is 905 g/mol. The molecule has 0 bridgehead atoms. The van der Waals surface area contributed by atoms with Gasteiger partial charge in [-0.25, -0.2) is 26.8 Å². The zero-order valence-corrected chi connectivity index (χ0v) is 31.6. The molecule has 0 saturated carbocycles. The Morgan fingerprint density at radius 1 is 0.519 bits per heavy atom. The van der Waals surface area contributed by atoms with E-state index in [4.69, 9.17) is 58.0 Å². The molecule has 0 fully saturated rings. The third kappa shape index (κ3) is 10.9. The van der Waals surface area contributed by atoms with Gasteiger partial charge in [0.2, 0.25) is 19.7 Å². The van der Waals surface area contributed by atoms with Crippen molar-refractivity contribution in [3.63, 3.8) is 0 Å². The van der Waals surface area contributed by atoms with Crippen molar-refractivity contribution < 1.29 is 56.3 Å². The Bertz CT molecular complexity index is 2190. The van der Waals surface area contributed by atoms with Crippen LogP contribution in [0.15, 0.2) is 105 Å². The first-order valence-electron chi connectivity index (χ1n) is 13.8. The van der Waals surface area contributed by atoms with E-state index in [2.05, 4.69) is 15.0 Å². The SMILES string of the molecule is Cc1ccc(S(=O)(=O)c2c(Cl)cnc(C(F)(F)F)c2Cl)cc1.FC(F)(F)c1ccccn1.O=S(=O)(c1ccc(Cl)cc1)c1c(Cl)cnc(C(F)(F)F)c1Cl. The number of sulfone groups is 2. The van der Waals surface area contributed by atoms with Crippen molar-refractivity contribution in [3.8, 4) is 0 Å². The van der Waals surface area contributed by atoms with Crippen molar-refractivity contribution in [1.82, 2.24) is 15.0 Å². The van der Waals surface area contributed by atoms with Crippen molar-refractivity contribution in [2.45, 2.75) is 45.0 Å². The smallest absolute Gasteiger partial charge is 0.252 e. The third-order valence-corrected chi connectivity index (χ3v) is 12.1. The van der Waals surface area contributed by atoms with Crippen molar-refractivity contribution >= 4 is 77.7 Å². The number of aromatic nitrogens is 3. The highest BCUT2D eigenvalue weighted by molar-refractivity contribution is 7.92. The first-order valence-corrected chi connectivity index (χ1v) is 18.7. The summed E-state index contributed by atoms with van der Waals surface area (Å²) in [5, 5.41) is -2.83. The predicted octanol–water partition coefficient (Wildman–Crippen LogP) is 11.5. The number of pyridine rings is 3. The van der Waals surface area contributed by atoms with Gasteiger partial charge in [0, 0.05) is 23.6 Å². The molecule has 5 aromatic rings. The van der Waals surface area contributed by atoms with Gasteiger partial charge in [0.1, 0.15) is 15.5 Å². The molecule has 0 aliphatic heterocycles. The molecule has 290 valence electrons. The second kappa shape index (κ2) is 17.2. The molecule has 0 saturated heterocycles. The number of halogens is 14. The van der Waals surface area contributed by atoms with Crippen molar-refractivity contribution in [2.24, 2.45) is 0 Å². The molecule has 2 aromatic carbocycles. The third-order valence-electron chi connectivity index (χ3n) is 6.35. The van der Waals surface area contributed by atoms with E-state index in [9.17, 15) is 56.3 Å². The summed E-state index contributed by atoms with van der Waals surface area (Å²) in [5.74, 6) is 0. The first-order chi connectivity index (χ1) is 24.7. The fraction of sp³-hybridized carbons (Fsp3) is 0.129. The molecule has 0 amide bonds. The fourth-order valence-corrected chi connectivity index (χ4v) is 8.87. The Labute approximate surface area is 325 Å². The Kier molecular flexibility index (Phi) is 14.3. The number of nitrogens with zero attached hydrogens (tertiary/aromatic N) is 3. The highest BCUT2D eigenvalue weighted by Crippen LogP contribution is 2.42. The lowest BCUT2D eigenvalue weighted by molar-refractivity contribution is -0.142. The lowest BCUT2D eigenvalue weighted by atomic mass is 10.2. The molecule has 0 aliphatic rings. The van der Waals surface area contributed by atoms with Gasteiger partial charge in [-0.2, -0.15) is 39.5 Å². The Morgan fingerprint density at radius 3 is 1.22 bits per heavy atom. The summed E-state index contributed by atoms with van der Waals surface area (Å²) in [6.07, 6.45) is -11.8. The maximum Gasteiger partial charge on any atom is 0.434 e. The highest BCUT2D eigenvalue weighted by atomic mass is 35.5. The summed E-state index contributed by atoms with van der Waals surface area (Å²) in [4.78, 5) is 7.11. The minimum atomic E-state index is -4.91. The molecule has 0 unspecified atom stereocenters. The van der Waals surface area contributed by atoms with Crippen LogP contribution >= 0.6 is 58.0 Å². The molecule has 0 atom stereocenters. The van der Waals surface area contributed by atoms with Gasteiger partial charge in [-0.1, -0.05) is 81.8 Å². The maximum atomic E-state index is 12.8. The molecular formula is C31H17Cl5F9N3O4S2. The van der Waals surface area contributed by atoms with Crippen molar-refractivity contribution in [3.05, 3.63) is 133 Å². The zero-order valence-electron chi connectivity index (χ0n) is 26.2. The number of aryl methyl sites for hydroxylation is 1. The van der Waals surface area contributed by atoms with E-state index >= 15 is 0 Å². The lowest BCUT2D eigenvalue weighted by Crippen LogP contribution is -2.13. The summed E-state index contributed by atoms with van der Waals surface area (Å²) < 4.78 is 162. The molecular weight excluding hydrogens is 891 g/mol. The van der Waals surface area contributed by atoms with Gasteiger partial charge in [0.25, 0.3) is 0 Å². The molecule has 0 spiro atoms. The molecule has 0 N–H and O–H groups in total. The van der Waals surface area contributed by atoms with E-state index in [1.807, 2.05) is 0 Å². The van der Waals surface area contributed by atoms with E-state index in [-0.39, 0.29) is 14.8 Å². The van der Waals surface area contributed by atoms with E-state index in [1.165, 1.54) is 48.5 Å². The minimum Gasteiger partial charge on any atom is -0.252 e. The number of benzene rings is 2. The molecule has 7 nitrogen and oxygen atoms in total. The summed E-state index contributed by atoms with van der Waals surface area (Å²) in [6, 6.07) is 14.1. The van der Waals surface area contributed by atoms with Crippen molar-refractivity contribution in [2.75, 3.05) is 0 Å². The molecule has 5 rings (SSSR count). The summed E-state index contributed by atoms with van der Waals surface area (Å²) in [7, 11) is -8.67. The van der Waals surface area contributed by atoms with E-state index < -0.39 is 85.2 Å². The largest absolute Gasteiger partial charge is 0.434 e. The van der Waals surface area contributed by atoms with Gasteiger partial charge in [0.15, 0.2) is 11.4 Å². The summed E-state index contributed by atoms with van der Waals surface area (Å²) in [6.45, 7) is 1.74. The van der Waals surface area contributed by atoms with Crippen LogP contribution < -0.4 is 0 Å². The maximum absolute atomic E-state index is 12.8. The van der Waals surface area contributed by atoms with E-state index in [1.54, 1.807) is 6.92 Å². The molecule has 3 aromatic heterocycles. The second-order valence-corrected chi connectivity index (χ2v) is 16.0. The number of hydrogen-bond donors (Lipinski definition) is 0. The van der Waals surface area contributed by atoms with Crippen LogP contribution in [-0.2, 0) is 38.2 Å². The quantitative estimate of drug-likeness (QED) is 0.165. The summed E-state index contributed by atoms with van der Waals surface area (Å²) in [5.41, 5.74) is -3.08. The zero-order chi connectivity index (χ0) is 41.0. The Balaban J connectivity index is 0.000000233. The lowest BCUT2D eigenvalue weighted by Gasteiger charge is -2.13. The normalized spacial score (nSPS) is 12.3. The van der Waals surface area contributed by atoms with Gasteiger partial charge in [-0.15, -0.1) is 0 Å². The van der Waals surface area contributed by atoms with E-state index in [0.717, 1.165) is 30.0 Å².